The van der Waals surface area contributed by atoms with Crippen LogP contribution >= 0.6 is 12.4 Å². The topological polar surface area (TPSA) is 106 Å². The number of anilines is 2. The van der Waals surface area contributed by atoms with Gasteiger partial charge in [0.1, 0.15) is 40.1 Å². The first kappa shape index (κ1) is 28.1. The summed E-state index contributed by atoms with van der Waals surface area (Å²) >= 11 is 0. The minimum absolute atomic E-state index is 0. The summed E-state index contributed by atoms with van der Waals surface area (Å²) < 4.78 is 34.3. The minimum atomic E-state index is -2.99. The third-order valence-corrected chi connectivity index (χ3v) is 6.86. The summed E-state index contributed by atoms with van der Waals surface area (Å²) in [6.07, 6.45) is 4.44. The zero-order valence-electron chi connectivity index (χ0n) is 21.3. The van der Waals surface area contributed by atoms with Gasteiger partial charge in [-0.2, -0.15) is 0 Å². The van der Waals surface area contributed by atoms with Gasteiger partial charge in [-0.15, -0.1) is 12.4 Å². The van der Waals surface area contributed by atoms with Gasteiger partial charge < -0.3 is 19.8 Å². The van der Waals surface area contributed by atoms with E-state index in [2.05, 4.69) is 20.6 Å². The first-order chi connectivity index (χ1) is 18.4. The molecule has 2 heterocycles. The van der Waals surface area contributed by atoms with Crippen molar-refractivity contribution in [3.05, 3.63) is 103 Å². The van der Waals surface area contributed by atoms with Crippen LogP contribution in [0.25, 0.3) is 22.2 Å². The predicted molar refractivity (Wildman–Crippen MR) is 156 cm³/mol. The Morgan fingerprint density at radius 2 is 1.72 bits per heavy atom. The molecular weight excluding hydrogens is 536 g/mol. The molecule has 2 aromatic heterocycles. The molecule has 10 heteroatoms. The first-order valence-electron chi connectivity index (χ1n) is 12.2. The maximum Gasteiger partial charge on any atom is 0.148 e. The zero-order chi connectivity index (χ0) is 26.4. The molecule has 0 saturated heterocycles. The number of nitrogens with zero attached hydrogens (tertiary/aromatic N) is 2. The van der Waals surface area contributed by atoms with Crippen LogP contribution in [0.5, 0.6) is 5.75 Å². The van der Waals surface area contributed by atoms with E-state index in [1.54, 1.807) is 6.26 Å². The highest BCUT2D eigenvalue weighted by Crippen LogP contribution is 2.30. The van der Waals surface area contributed by atoms with E-state index in [0.717, 1.165) is 39.0 Å². The van der Waals surface area contributed by atoms with E-state index in [4.69, 9.17) is 9.15 Å². The highest BCUT2D eigenvalue weighted by Gasteiger charge is 2.10. The van der Waals surface area contributed by atoms with E-state index >= 15 is 0 Å². The van der Waals surface area contributed by atoms with Crippen LogP contribution in [0.1, 0.15) is 11.1 Å². The van der Waals surface area contributed by atoms with Crippen LogP contribution in [0.15, 0.2) is 95.9 Å². The molecule has 0 unspecified atom stereocenters. The van der Waals surface area contributed by atoms with E-state index in [-0.39, 0.29) is 18.2 Å². The number of hydrogen-bond acceptors (Lipinski definition) is 8. The molecule has 3 aromatic carbocycles. The fraction of sp³-hybridized carbons (Fsp3) is 0.172. The second kappa shape index (κ2) is 12.8. The van der Waals surface area contributed by atoms with Crippen LogP contribution in [0.2, 0.25) is 0 Å². The van der Waals surface area contributed by atoms with Crippen LogP contribution in [0.3, 0.4) is 0 Å². The highest BCUT2D eigenvalue weighted by molar-refractivity contribution is 7.90. The normalized spacial score (nSPS) is 11.2. The Morgan fingerprint density at radius 1 is 0.923 bits per heavy atom. The van der Waals surface area contributed by atoms with Gasteiger partial charge in [-0.25, -0.2) is 18.4 Å². The van der Waals surface area contributed by atoms with Gasteiger partial charge in [0.25, 0.3) is 0 Å². The van der Waals surface area contributed by atoms with Gasteiger partial charge in [0.15, 0.2) is 0 Å². The van der Waals surface area contributed by atoms with Gasteiger partial charge in [0.05, 0.1) is 17.5 Å². The number of fused-ring (bicyclic) bond motifs is 1. The summed E-state index contributed by atoms with van der Waals surface area (Å²) in [5.74, 6) is 2.28. The summed E-state index contributed by atoms with van der Waals surface area (Å²) in [7, 11) is -2.99. The molecular formula is C29H29ClN4O4S. The van der Waals surface area contributed by atoms with Crippen molar-refractivity contribution in [1.29, 1.82) is 0 Å². The quantitative estimate of drug-likeness (QED) is 0.195. The van der Waals surface area contributed by atoms with E-state index in [1.165, 1.54) is 12.6 Å². The van der Waals surface area contributed by atoms with Gasteiger partial charge in [-0.3, -0.25) is 0 Å². The summed E-state index contributed by atoms with van der Waals surface area (Å²) in [4.78, 5) is 8.87. The molecule has 0 amide bonds. The number of nitrogens with one attached hydrogen (secondary N) is 2. The number of ether oxygens (including phenoxy) is 1. The Morgan fingerprint density at radius 3 is 2.49 bits per heavy atom. The van der Waals surface area contributed by atoms with E-state index in [1.807, 2.05) is 78.9 Å². The van der Waals surface area contributed by atoms with Gasteiger partial charge in [0, 0.05) is 41.5 Å². The van der Waals surface area contributed by atoms with E-state index < -0.39 is 9.84 Å². The van der Waals surface area contributed by atoms with Gasteiger partial charge in [-0.1, -0.05) is 30.3 Å². The summed E-state index contributed by atoms with van der Waals surface area (Å²) in [6.45, 7) is 1.42. The summed E-state index contributed by atoms with van der Waals surface area (Å²) in [6, 6.07) is 25.6. The maximum absolute atomic E-state index is 11.3. The first-order valence-corrected chi connectivity index (χ1v) is 14.2. The Labute approximate surface area is 233 Å². The predicted octanol–water partition coefficient (Wildman–Crippen LogP) is 5.77. The molecule has 39 heavy (non-hydrogen) atoms. The number of halogens is 1. The largest absolute Gasteiger partial charge is 0.489 e. The van der Waals surface area contributed by atoms with Gasteiger partial charge >= 0.3 is 0 Å². The molecule has 8 nitrogen and oxygen atoms in total. The molecule has 0 aliphatic heterocycles. The SMILES string of the molecule is CS(=O)(=O)CCNCc1coc(-c2ccc3ncnc(Nc4ccc(OCc5ccccc5)cc4)c3c2)c1.Cl. The smallest absolute Gasteiger partial charge is 0.148 e. The van der Waals surface area contributed by atoms with Crippen molar-refractivity contribution in [3.8, 4) is 17.1 Å². The highest BCUT2D eigenvalue weighted by atomic mass is 35.5. The lowest BCUT2D eigenvalue weighted by molar-refractivity contribution is 0.306. The van der Waals surface area contributed by atoms with Crippen LogP contribution in [-0.4, -0.2) is 36.9 Å². The van der Waals surface area contributed by atoms with Crippen LogP contribution in [-0.2, 0) is 23.0 Å². The van der Waals surface area contributed by atoms with Crippen molar-refractivity contribution in [1.82, 2.24) is 15.3 Å². The van der Waals surface area contributed by atoms with Crippen LogP contribution in [0, 0.1) is 0 Å². The van der Waals surface area contributed by atoms with Gasteiger partial charge in [-0.05, 0) is 54.1 Å². The second-order valence-corrected chi connectivity index (χ2v) is 11.3. The van der Waals surface area contributed by atoms with Crippen molar-refractivity contribution in [3.63, 3.8) is 0 Å². The molecule has 0 radical (unpaired) electrons. The number of hydrogen-bond donors (Lipinski definition) is 2. The third kappa shape index (κ3) is 7.79. The number of rotatable bonds is 11. The van der Waals surface area contributed by atoms with Crippen molar-refractivity contribution >= 4 is 44.7 Å². The average Bonchev–Trinajstić information content (AvgIpc) is 3.40. The van der Waals surface area contributed by atoms with E-state index in [0.29, 0.717) is 31.3 Å². The lowest BCUT2D eigenvalue weighted by atomic mass is 10.1. The lowest BCUT2D eigenvalue weighted by Gasteiger charge is -2.11. The molecule has 0 atom stereocenters. The number of benzene rings is 3. The minimum Gasteiger partial charge on any atom is -0.489 e. The molecule has 0 spiro atoms. The van der Waals surface area contributed by atoms with Crippen molar-refractivity contribution < 1.29 is 17.6 Å². The standard InChI is InChI=1S/C29H28N4O4S.ClH/c1-38(34,35)14-13-30-17-22-15-28(37-19-22)23-7-12-27-26(16-23)29(32-20-31-27)33-24-8-10-25(11-9-24)36-18-21-5-3-2-4-6-21;/h2-12,15-16,19-20,30H,13-14,17-18H2,1H3,(H,31,32,33);1H. The fourth-order valence-electron chi connectivity index (χ4n) is 3.93. The Kier molecular flexibility index (Phi) is 9.19. The van der Waals surface area contributed by atoms with Crippen molar-refractivity contribution in [2.75, 3.05) is 23.9 Å². The molecule has 5 rings (SSSR count). The van der Waals surface area contributed by atoms with Gasteiger partial charge in [0.2, 0.25) is 0 Å². The molecule has 2 N–H and O–H groups in total. The average molecular weight is 565 g/mol. The third-order valence-electron chi connectivity index (χ3n) is 5.92. The fourth-order valence-corrected chi connectivity index (χ4v) is 4.45. The Balaban J connectivity index is 0.00000353. The molecule has 0 fully saturated rings. The summed E-state index contributed by atoms with van der Waals surface area (Å²) in [5.41, 5.74) is 4.63. The monoisotopic (exact) mass is 564 g/mol. The molecule has 0 aliphatic rings. The van der Waals surface area contributed by atoms with Crippen LogP contribution < -0.4 is 15.4 Å². The Bertz CT molecular complexity index is 1620. The number of sulfone groups is 1. The van der Waals surface area contributed by atoms with E-state index in [9.17, 15) is 8.42 Å². The van der Waals surface area contributed by atoms with Crippen molar-refractivity contribution in [2.24, 2.45) is 0 Å². The van der Waals surface area contributed by atoms with Crippen LogP contribution in [0.4, 0.5) is 11.5 Å². The molecule has 0 aliphatic carbocycles. The number of aromatic nitrogens is 2. The molecule has 202 valence electrons. The number of furan rings is 1. The maximum atomic E-state index is 11.3. The summed E-state index contributed by atoms with van der Waals surface area (Å²) in [5, 5.41) is 7.37. The van der Waals surface area contributed by atoms with Crippen molar-refractivity contribution in [2.45, 2.75) is 13.2 Å². The zero-order valence-corrected chi connectivity index (χ0v) is 23.0. The second-order valence-electron chi connectivity index (χ2n) is 9.00. The molecule has 5 aromatic rings. The lowest BCUT2D eigenvalue weighted by Crippen LogP contribution is -2.21. The molecule has 0 saturated carbocycles. The Hall–Kier alpha value is -3.92. The molecule has 0 bridgehead atoms.